The van der Waals surface area contributed by atoms with Gasteiger partial charge < -0.3 is 9.47 Å². The van der Waals surface area contributed by atoms with Gasteiger partial charge in [0.25, 0.3) is 0 Å². The largest absolute Gasteiger partial charge is 0.455 e. The van der Waals surface area contributed by atoms with E-state index in [1.54, 1.807) is 12.1 Å². The molecule has 0 radical (unpaired) electrons. The van der Waals surface area contributed by atoms with Crippen LogP contribution in [0.4, 0.5) is 0 Å². The van der Waals surface area contributed by atoms with Gasteiger partial charge in [-0.05, 0) is 38.0 Å². The number of rotatable bonds is 4. The monoisotopic (exact) mass is 246 g/mol. The van der Waals surface area contributed by atoms with Gasteiger partial charge in [-0.3, -0.25) is 0 Å². The molecule has 0 bridgehead atoms. The van der Waals surface area contributed by atoms with Crippen LogP contribution in [0.5, 0.6) is 0 Å². The van der Waals surface area contributed by atoms with Crippen LogP contribution in [0, 0.1) is 0 Å². The zero-order valence-corrected chi connectivity index (χ0v) is 10.5. The quantitative estimate of drug-likeness (QED) is 0.605. The van der Waals surface area contributed by atoms with Crippen LogP contribution in [0.3, 0.4) is 0 Å². The van der Waals surface area contributed by atoms with Gasteiger partial charge in [-0.25, -0.2) is 4.79 Å². The highest BCUT2D eigenvalue weighted by atomic mass is 16.5. The molecule has 1 aliphatic rings. The maximum absolute atomic E-state index is 11.8. The molecule has 0 unspecified atom stereocenters. The van der Waals surface area contributed by atoms with E-state index in [9.17, 15) is 4.79 Å². The normalized spacial score (nSPS) is 22.7. The minimum atomic E-state index is -0.264. The Morgan fingerprint density at radius 1 is 1.17 bits per heavy atom. The second-order valence-electron chi connectivity index (χ2n) is 4.27. The van der Waals surface area contributed by atoms with Gasteiger partial charge in [0, 0.05) is 6.61 Å². The fourth-order valence-electron chi connectivity index (χ4n) is 2.00. The molecule has 0 heterocycles. The Bertz CT molecular complexity index is 411. The first-order valence-corrected chi connectivity index (χ1v) is 6.35. The minimum absolute atomic E-state index is 0.130. The van der Waals surface area contributed by atoms with Crippen molar-refractivity contribution in [3.8, 4) is 0 Å². The molecule has 18 heavy (non-hydrogen) atoms. The van der Waals surface area contributed by atoms with Crippen molar-refractivity contribution in [2.24, 2.45) is 0 Å². The molecule has 3 nitrogen and oxygen atoms in total. The highest BCUT2D eigenvalue weighted by Gasteiger charge is 2.19. The molecule has 3 heteroatoms. The van der Waals surface area contributed by atoms with E-state index >= 15 is 0 Å². The Balaban J connectivity index is 1.88. The fraction of sp³-hybridized carbons (Fsp3) is 0.400. The predicted molar refractivity (Wildman–Crippen MR) is 69.4 cm³/mol. The van der Waals surface area contributed by atoms with E-state index in [-0.39, 0.29) is 18.2 Å². The van der Waals surface area contributed by atoms with Crippen LogP contribution < -0.4 is 0 Å². The molecular formula is C15H18O3. The van der Waals surface area contributed by atoms with Crippen molar-refractivity contribution in [1.29, 1.82) is 0 Å². The Kier molecular flexibility index (Phi) is 4.53. The van der Waals surface area contributed by atoms with Crippen LogP contribution in [0.2, 0.25) is 0 Å². The topological polar surface area (TPSA) is 35.5 Å². The summed E-state index contributed by atoms with van der Waals surface area (Å²) >= 11 is 0. The lowest BCUT2D eigenvalue weighted by atomic mass is 10.0. The van der Waals surface area contributed by atoms with Gasteiger partial charge in [-0.2, -0.15) is 0 Å². The second-order valence-corrected chi connectivity index (χ2v) is 4.27. The summed E-state index contributed by atoms with van der Waals surface area (Å²) in [4.78, 5) is 11.8. The number of ether oxygens (including phenoxy) is 2. The summed E-state index contributed by atoms with van der Waals surface area (Å²) in [5.74, 6) is -0.264. The fourth-order valence-corrected chi connectivity index (χ4v) is 2.00. The van der Waals surface area contributed by atoms with Gasteiger partial charge in [0.05, 0.1) is 11.7 Å². The van der Waals surface area contributed by atoms with Crippen LogP contribution in [0.15, 0.2) is 42.5 Å². The molecule has 1 aliphatic carbocycles. The summed E-state index contributed by atoms with van der Waals surface area (Å²) in [7, 11) is 0. The first-order chi connectivity index (χ1) is 8.79. The van der Waals surface area contributed by atoms with Crippen LogP contribution >= 0.6 is 0 Å². The zero-order chi connectivity index (χ0) is 12.8. The Morgan fingerprint density at radius 3 is 2.44 bits per heavy atom. The summed E-state index contributed by atoms with van der Waals surface area (Å²) in [6.45, 7) is 2.69. The summed E-state index contributed by atoms with van der Waals surface area (Å²) < 4.78 is 10.9. The van der Waals surface area contributed by atoms with Crippen LogP contribution in [-0.4, -0.2) is 24.8 Å². The maximum Gasteiger partial charge on any atom is 0.338 e. The molecule has 1 aromatic rings. The van der Waals surface area contributed by atoms with E-state index in [0.29, 0.717) is 12.2 Å². The molecule has 0 N–H and O–H groups in total. The third kappa shape index (κ3) is 3.44. The SMILES string of the molecule is CCO[C@H]1C=C[C@H](OC(=O)c2ccccc2)CC1. The second kappa shape index (κ2) is 6.36. The Hall–Kier alpha value is -1.61. The average Bonchev–Trinajstić information content (AvgIpc) is 2.42. The van der Waals surface area contributed by atoms with E-state index in [1.165, 1.54) is 0 Å². The first kappa shape index (κ1) is 12.8. The summed E-state index contributed by atoms with van der Waals surface area (Å²) in [5, 5.41) is 0. The molecule has 0 aliphatic heterocycles. The third-order valence-electron chi connectivity index (χ3n) is 2.92. The average molecular weight is 246 g/mol. The molecule has 2 atom stereocenters. The molecule has 1 aromatic carbocycles. The molecule has 2 rings (SSSR count). The molecule has 0 spiro atoms. The Labute approximate surface area is 107 Å². The van der Waals surface area contributed by atoms with E-state index < -0.39 is 0 Å². The van der Waals surface area contributed by atoms with E-state index in [2.05, 4.69) is 0 Å². The number of carbonyl (C=O) groups is 1. The summed E-state index contributed by atoms with van der Waals surface area (Å²) in [6, 6.07) is 9.07. The lowest BCUT2D eigenvalue weighted by Gasteiger charge is -2.22. The number of esters is 1. The molecule has 0 fully saturated rings. The standard InChI is InChI=1S/C15H18O3/c1-2-17-13-8-10-14(11-9-13)18-15(16)12-6-4-3-5-7-12/h3-8,10,13-14H,2,9,11H2,1H3/t13-,14-/m0/s1. The van der Waals surface area contributed by atoms with Gasteiger partial charge in [0.1, 0.15) is 6.10 Å². The van der Waals surface area contributed by atoms with Crippen LogP contribution in [-0.2, 0) is 9.47 Å². The number of carbonyl (C=O) groups excluding carboxylic acids is 1. The van der Waals surface area contributed by atoms with Crippen LogP contribution in [0.1, 0.15) is 30.1 Å². The molecule has 0 amide bonds. The molecule has 96 valence electrons. The highest BCUT2D eigenvalue weighted by molar-refractivity contribution is 5.89. The smallest absolute Gasteiger partial charge is 0.338 e. The lowest BCUT2D eigenvalue weighted by molar-refractivity contribution is 0.0272. The number of benzene rings is 1. The molecule has 0 saturated carbocycles. The van der Waals surface area contributed by atoms with E-state index in [4.69, 9.17) is 9.47 Å². The van der Waals surface area contributed by atoms with Crippen molar-refractivity contribution in [3.05, 3.63) is 48.0 Å². The zero-order valence-electron chi connectivity index (χ0n) is 10.5. The van der Waals surface area contributed by atoms with Crippen LogP contribution in [0.25, 0.3) is 0 Å². The molecule has 0 saturated heterocycles. The van der Waals surface area contributed by atoms with Crippen molar-refractivity contribution in [2.75, 3.05) is 6.61 Å². The third-order valence-corrected chi connectivity index (χ3v) is 2.92. The maximum atomic E-state index is 11.8. The van der Waals surface area contributed by atoms with Gasteiger partial charge in [0.15, 0.2) is 0 Å². The van der Waals surface area contributed by atoms with E-state index in [1.807, 2.05) is 37.3 Å². The van der Waals surface area contributed by atoms with Crippen molar-refractivity contribution >= 4 is 5.97 Å². The van der Waals surface area contributed by atoms with Crippen molar-refractivity contribution in [1.82, 2.24) is 0 Å². The first-order valence-electron chi connectivity index (χ1n) is 6.35. The lowest BCUT2D eigenvalue weighted by Crippen LogP contribution is -2.23. The summed E-state index contributed by atoms with van der Waals surface area (Å²) in [5.41, 5.74) is 0.595. The van der Waals surface area contributed by atoms with Gasteiger partial charge in [-0.15, -0.1) is 0 Å². The predicted octanol–water partition coefficient (Wildman–Crippen LogP) is 2.97. The van der Waals surface area contributed by atoms with Gasteiger partial charge in [-0.1, -0.05) is 24.3 Å². The minimum Gasteiger partial charge on any atom is -0.455 e. The molecule has 0 aromatic heterocycles. The number of hydrogen-bond donors (Lipinski definition) is 0. The van der Waals surface area contributed by atoms with E-state index in [0.717, 1.165) is 12.8 Å². The van der Waals surface area contributed by atoms with Gasteiger partial charge in [0.2, 0.25) is 0 Å². The number of hydrogen-bond acceptors (Lipinski definition) is 3. The van der Waals surface area contributed by atoms with Crippen molar-refractivity contribution < 1.29 is 14.3 Å². The Morgan fingerprint density at radius 2 is 1.83 bits per heavy atom. The summed E-state index contributed by atoms with van der Waals surface area (Å²) in [6.07, 6.45) is 5.66. The van der Waals surface area contributed by atoms with Crippen molar-refractivity contribution in [2.45, 2.75) is 32.0 Å². The van der Waals surface area contributed by atoms with Gasteiger partial charge >= 0.3 is 5.97 Å². The molecular weight excluding hydrogens is 228 g/mol. The highest BCUT2D eigenvalue weighted by Crippen LogP contribution is 2.18. The van der Waals surface area contributed by atoms with Crippen molar-refractivity contribution in [3.63, 3.8) is 0 Å².